The van der Waals surface area contributed by atoms with Gasteiger partial charge in [0.05, 0.1) is 6.61 Å². The molecule has 0 bridgehead atoms. The molecule has 0 saturated heterocycles. The molecule has 1 saturated carbocycles. The Morgan fingerprint density at radius 1 is 1.69 bits per heavy atom. The van der Waals surface area contributed by atoms with Crippen molar-refractivity contribution in [3.8, 4) is 0 Å². The van der Waals surface area contributed by atoms with Gasteiger partial charge < -0.3 is 9.84 Å². The lowest BCUT2D eigenvalue weighted by Gasteiger charge is -2.25. The highest BCUT2D eigenvalue weighted by Gasteiger charge is 2.34. The summed E-state index contributed by atoms with van der Waals surface area (Å²) in [6.45, 7) is 3.05. The van der Waals surface area contributed by atoms with Crippen LogP contribution in [0.3, 0.4) is 0 Å². The van der Waals surface area contributed by atoms with Gasteiger partial charge in [0.15, 0.2) is 0 Å². The standard InChI is InChI=1S/C9H17NO3/c1-7(9(11)12)10(5-6-13-2)8-3-4-8/h7-8H,3-6H2,1-2H3,(H,11,12). The maximum absolute atomic E-state index is 10.8. The van der Waals surface area contributed by atoms with Gasteiger partial charge in [-0.3, -0.25) is 9.69 Å². The third-order valence-corrected chi connectivity index (χ3v) is 2.42. The second-order valence-corrected chi connectivity index (χ2v) is 3.48. The van der Waals surface area contributed by atoms with Gasteiger partial charge in [-0.1, -0.05) is 0 Å². The first-order valence-electron chi connectivity index (χ1n) is 4.64. The summed E-state index contributed by atoms with van der Waals surface area (Å²) in [4.78, 5) is 12.8. The van der Waals surface area contributed by atoms with E-state index in [1.807, 2.05) is 4.90 Å². The Kier molecular flexibility index (Phi) is 3.69. The molecule has 1 aliphatic rings. The largest absolute Gasteiger partial charge is 0.480 e. The summed E-state index contributed by atoms with van der Waals surface area (Å²) in [6, 6.07) is 0.0869. The van der Waals surface area contributed by atoms with Gasteiger partial charge in [-0.05, 0) is 19.8 Å². The molecule has 4 nitrogen and oxygen atoms in total. The van der Waals surface area contributed by atoms with Crippen LogP contribution < -0.4 is 0 Å². The molecular weight excluding hydrogens is 170 g/mol. The third-order valence-electron chi connectivity index (χ3n) is 2.42. The van der Waals surface area contributed by atoms with Crippen molar-refractivity contribution in [2.45, 2.75) is 31.8 Å². The van der Waals surface area contributed by atoms with E-state index in [1.54, 1.807) is 14.0 Å². The Hall–Kier alpha value is -0.610. The van der Waals surface area contributed by atoms with E-state index in [-0.39, 0.29) is 6.04 Å². The van der Waals surface area contributed by atoms with Crippen molar-refractivity contribution in [2.24, 2.45) is 0 Å². The minimum absolute atomic E-state index is 0.386. The van der Waals surface area contributed by atoms with Crippen LogP contribution in [0.25, 0.3) is 0 Å². The summed E-state index contributed by atoms with van der Waals surface area (Å²) in [5, 5.41) is 8.85. The first kappa shape index (κ1) is 10.5. The summed E-state index contributed by atoms with van der Waals surface area (Å²) in [7, 11) is 1.64. The van der Waals surface area contributed by atoms with Crippen LogP contribution in [0.1, 0.15) is 19.8 Å². The van der Waals surface area contributed by atoms with Crippen molar-refractivity contribution in [3.63, 3.8) is 0 Å². The molecule has 13 heavy (non-hydrogen) atoms. The van der Waals surface area contributed by atoms with Crippen LogP contribution in [0, 0.1) is 0 Å². The van der Waals surface area contributed by atoms with E-state index in [4.69, 9.17) is 9.84 Å². The molecule has 0 aromatic carbocycles. The lowest BCUT2D eigenvalue weighted by molar-refractivity contribution is -0.143. The first-order chi connectivity index (χ1) is 6.16. The highest BCUT2D eigenvalue weighted by atomic mass is 16.5. The van der Waals surface area contributed by atoms with Gasteiger partial charge in [0.2, 0.25) is 0 Å². The molecule has 0 aromatic rings. The Morgan fingerprint density at radius 3 is 2.69 bits per heavy atom. The molecule has 1 N–H and O–H groups in total. The number of carboxylic acid groups (broad SMARTS) is 1. The van der Waals surface area contributed by atoms with E-state index < -0.39 is 5.97 Å². The molecule has 0 heterocycles. The number of nitrogens with zero attached hydrogens (tertiary/aromatic N) is 1. The number of carboxylic acids is 1. The maximum atomic E-state index is 10.8. The number of rotatable bonds is 6. The minimum atomic E-state index is -0.747. The summed E-state index contributed by atoms with van der Waals surface area (Å²) in [6.07, 6.45) is 2.25. The molecule has 1 fully saturated rings. The van der Waals surface area contributed by atoms with Crippen LogP contribution in [0.5, 0.6) is 0 Å². The smallest absolute Gasteiger partial charge is 0.320 e. The molecule has 1 atom stereocenters. The van der Waals surface area contributed by atoms with Crippen LogP contribution in [-0.4, -0.2) is 48.3 Å². The molecule has 4 heteroatoms. The first-order valence-corrected chi connectivity index (χ1v) is 4.64. The molecule has 1 aliphatic carbocycles. The molecule has 0 radical (unpaired) electrons. The molecule has 0 aliphatic heterocycles. The number of methoxy groups -OCH3 is 1. The zero-order valence-corrected chi connectivity index (χ0v) is 8.19. The molecule has 0 amide bonds. The molecule has 0 spiro atoms. The minimum Gasteiger partial charge on any atom is -0.480 e. The topological polar surface area (TPSA) is 49.8 Å². The van der Waals surface area contributed by atoms with Crippen LogP contribution in [0.2, 0.25) is 0 Å². The molecule has 0 aromatic heterocycles. The van der Waals surface area contributed by atoms with Crippen molar-refractivity contribution in [2.75, 3.05) is 20.3 Å². The fourth-order valence-corrected chi connectivity index (χ4v) is 1.44. The highest BCUT2D eigenvalue weighted by Crippen LogP contribution is 2.28. The quantitative estimate of drug-likeness (QED) is 0.660. The van der Waals surface area contributed by atoms with Crippen molar-refractivity contribution in [1.29, 1.82) is 0 Å². The summed E-state index contributed by atoms with van der Waals surface area (Å²) < 4.78 is 4.95. The molecule has 76 valence electrons. The van der Waals surface area contributed by atoms with Crippen molar-refractivity contribution in [1.82, 2.24) is 4.90 Å². The molecule has 1 rings (SSSR count). The van der Waals surface area contributed by atoms with Gasteiger partial charge in [0.1, 0.15) is 6.04 Å². The lowest BCUT2D eigenvalue weighted by atomic mass is 10.3. The van der Waals surface area contributed by atoms with Gasteiger partial charge in [0.25, 0.3) is 0 Å². The maximum Gasteiger partial charge on any atom is 0.320 e. The Labute approximate surface area is 78.5 Å². The fourth-order valence-electron chi connectivity index (χ4n) is 1.44. The van der Waals surface area contributed by atoms with E-state index in [9.17, 15) is 4.79 Å². The van der Waals surface area contributed by atoms with Crippen LogP contribution in [0.15, 0.2) is 0 Å². The van der Waals surface area contributed by atoms with Crippen LogP contribution in [0.4, 0.5) is 0 Å². The van der Waals surface area contributed by atoms with Gasteiger partial charge in [-0.2, -0.15) is 0 Å². The van der Waals surface area contributed by atoms with Crippen molar-refractivity contribution < 1.29 is 14.6 Å². The number of ether oxygens (including phenoxy) is 1. The van der Waals surface area contributed by atoms with Gasteiger partial charge >= 0.3 is 5.97 Å². The number of carbonyl (C=O) groups is 1. The zero-order chi connectivity index (χ0) is 9.84. The van der Waals surface area contributed by atoms with Gasteiger partial charge in [-0.15, -0.1) is 0 Å². The van der Waals surface area contributed by atoms with Gasteiger partial charge in [0, 0.05) is 19.7 Å². The van der Waals surface area contributed by atoms with Crippen LogP contribution >= 0.6 is 0 Å². The van der Waals surface area contributed by atoms with Crippen molar-refractivity contribution in [3.05, 3.63) is 0 Å². The monoisotopic (exact) mass is 187 g/mol. The number of hydrogen-bond acceptors (Lipinski definition) is 3. The summed E-state index contributed by atoms with van der Waals surface area (Å²) in [5.74, 6) is -0.747. The fraction of sp³-hybridized carbons (Fsp3) is 0.889. The summed E-state index contributed by atoms with van der Waals surface area (Å²) >= 11 is 0. The Morgan fingerprint density at radius 2 is 2.31 bits per heavy atom. The average molecular weight is 187 g/mol. The van der Waals surface area contributed by atoms with E-state index in [0.29, 0.717) is 19.2 Å². The number of aliphatic carboxylic acids is 1. The van der Waals surface area contributed by atoms with Gasteiger partial charge in [-0.25, -0.2) is 0 Å². The van der Waals surface area contributed by atoms with E-state index in [2.05, 4.69) is 0 Å². The predicted octanol–water partition coefficient (Wildman–Crippen LogP) is 0.570. The number of hydrogen-bond donors (Lipinski definition) is 1. The highest BCUT2D eigenvalue weighted by molar-refractivity contribution is 5.73. The summed E-state index contributed by atoms with van der Waals surface area (Å²) in [5.41, 5.74) is 0. The van der Waals surface area contributed by atoms with E-state index in [0.717, 1.165) is 12.8 Å². The van der Waals surface area contributed by atoms with E-state index >= 15 is 0 Å². The SMILES string of the molecule is COCCN(C1CC1)C(C)C(=O)O. The zero-order valence-electron chi connectivity index (χ0n) is 8.19. The second-order valence-electron chi connectivity index (χ2n) is 3.48. The van der Waals surface area contributed by atoms with E-state index in [1.165, 1.54) is 0 Å². The second kappa shape index (κ2) is 4.58. The molecular formula is C9H17NO3. The van der Waals surface area contributed by atoms with Crippen LogP contribution in [-0.2, 0) is 9.53 Å². The third kappa shape index (κ3) is 2.97. The molecule has 1 unspecified atom stereocenters. The van der Waals surface area contributed by atoms with Crippen molar-refractivity contribution >= 4 is 5.97 Å². The predicted molar refractivity (Wildman–Crippen MR) is 48.7 cm³/mol. The normalized spacial score (nSPS) is 19.0. The Bertz CT molecular complexity index is 180. The average Bonchev–Trinajstić information content (AvgIpc) is 2.88. The Balaban J connectivity index is 2.40. The lowest BCUT2D eigenvalue weighted by Crippen LogP contribution is -2.42.